The lowest BCUT2D eigenvalue weighted by atomic mass is 9.96. The Bertz CT molecular complexity index is 1580. The van der Waals surface area contributed by atoms with E-state index < -0.39 is 124 Å². The molecule has 3 rings (SSSR count). The van der Waals surface area contributed by atoms with Crippen molar-refractivity contribution in [3.63, 3.8) is 0 Å². The van der Waals surface area contributed by atoms with Gasteiger partial charge in [-0.3, -0.25) is 4.79 Å². The van der Waals surface area contributed by atoms with Crippen LogP contribution in [0.3, 0.4) is 0 Å². The first kappa shape index (κ1) is 73.5. The second kappa shape index (κ2) is 45.6. The van der Waals surface area contributed by atoms with Gasteiger partial charge in [-0.1, -0.05) is 224 Å². The van der Waals surface area contributed by atoms with Crippen LogP contribution in [0.4, 0.5) is 0 Å². The van der Waals surface area contributed by atoms with Crippen molar-refractivity contribution in [1.82, 2.24) is 5.32 Å². The van der Waals surface area contributed by atoms with Crippen LogP contribution in [0.2, 0.25) is 0 Å². The molecule has 0 radical (unpaired) electrons. The van der Waals surface area contributed by atoms with Gasteiger partial charge in [0.05, 0.1) is 38.6 Å². The van der Waals surface area contributed by atoms with Crippen molar-refractivity contribution < 1.29 is 89.4 Å². The highest BCUT2D eigenvalue weighted by atomic mass is 16.8. The monoisotopic (exact) mass is 1160 g/mol. The molecule has 1 amide bonds. The van der Waals surface area contributed by atoms with E-state index in [1.807, 2.05) is 6.08 Å². The molecule has 0 saturated carbocycles. The molecular formula is C62H115NO18. The van der Waals surface area contributed by atoms with Gasteiger partial charge < -0.3 is 89.9 Å². The van der Waals surface area contributed by atoms with Crippen molar-refractivity contribution in [2.45, 2.75) is 336 Å². The summed E-state index contributed by atoms with van der Waals surface area (Å²) in [5, 5.41) is 120. The molecule has 12 N–H and O–H groups in total. The van der Waals surface area contributed by atoms with E-state index in [9.17, 15) is 61.0 Å². The Morgan fingerprint density at radius 1 is 0.432 bits per heavy atom. The van der Waals surface area contributed by atoms with Crippen LogP contribution in [0.25, 0.3) is 0 Å². The summed E-state index contributed by atoms with van der Waals surface area (Å²) in [6, 6.07) is -0.983. The van der Waals surface area contributed by atoms with Crippen LogP contribution < -0.4 is 5.32 Å². The smallest absolute Gasteiger partial charge is 0.220 e. The van der Waals surface area contributed by atoms with E-state index in [-0.39, 0.29) is 18.9 Å². The largest absolute Gasteiger partial charge is 0.394 e. The zero-order valence-electron chi connectivity index (χ0n) is 49.8. The maximum atomic E-state index is 13.3. The van der Waals surface area contributed by atoms with Gasteiger partial charge in [-0.15, -0.1) is 0 Å². The molecule has 3 aliphatic heterocycles. The van der Waals surface area contributed by atoms with Crippen molar-refractivity contribution >= 4 is 5.91 Å². The first-order chi connectivity index (χ1) is 39.3. The first-order valence-corrected chi connectivity index (χ1v) is 32.1. The van der Waals surface area contributed by atoms with E-state index in [1.54, 1.807) is 6.08 Å². The fourth-order valence-corrected chi connectivity index (χ4v) is 11.0. The number of allylic oxidation sites excluding steroid dienone is 3. The molecule has 0 aromatic carbocycles. The summed E-state index contributed by atoms with van der Waals surface area (Å²) in [5.74, 6) is -0.286. The van der Waals surface area contributed by atoms with Crippen molar-refractivity contribution in [3.05, 3.63) is 24.3 Å². The van der Waals surface area contributed by atoms with Gasteiger partial charge in [-0.2, -0.15) is 0 Å². The van der Waals surface area contributed by atoms with Crippen LogP contribution in [0.15, 0.2) is 24.3 Å². The minimum Gasteiger partial charge on any atom is -0.394 e. The number of rotatable bonds is 48. The van der Waals surface area contributed by atoms with Gasteiger partial charge in [0, 0.05) is 6.42 Å². The summed E-state index contributed by atoms with van der Waals surface area (Å²) in [6.45, 7) is 1.60. The maximum Gasteiger partial charge on any atom is 0.220 e. The number of carbonyl (C=O) groups is 1. The molecule has 0 bridgehead atoms. The maximum absolute atomic E-state index is 13.3. The molecule has 0 aromatic heterocycles. The topological polar surface area (TPSA) is 307 Å². The number of ether oxygens (including phenoxy) is 6. The van der Waals surface area contributed by atoms with Gasteiger partial charge in [-0.25, -0.2) is 0 Å². The van der Waals surface area contributed by atoms with Gasteiger partial charge in [0.15, 0.2) is 18.9 Å². The van der Waals surface area contributed by atoms with E-state index in [2.05, 4.69) is 31.3 Å². The molecule has 3 fully saturated rings. The highest BCUT2D eigenvalue weighted by Gasteiger charge is 2.53. The summed E-state index contributed by atoms with van der Waals surface area (Å²) >= 11 is 0. The Morgan fingerprint density at radius 2 is 0.790 bits per heavy atom. The normalized spacial score (nSPS) is 29.9. The van der Waals surface area contributed by atoms with Gasteiger partial charge in [0.1, 0.15) is 73.2 Å². The number of aliphatic hydroxyl groups is 11. The van der Waals surface area contributed by atoms with Crippen LogP contribution >= 0.6 is 0 Å². The molecule has 17 atom stereocenters. The Balaban J connectivity index is 1.34. The summed E-state index contributed by atoms with van der Waals surface area (Å²) in [4.78, 5) is 13.3. The van der Waals surface area contributed by atoms with Gasteiger partial charge in [0.25, 0.3) is 0 Å². The number of hydrogen-bond donors (Lipinski definition) is 12. The second-order valence-corrected chi connectivity index (χ2v) is 23.2. The minimum atomic E-state index is -1.98. The van der Waals surface area contributed by atoms with E-state index in [4.69, 9.17) is 28.4 Å². The van der Waals surface area contributed by atoms with Crippen LogP contribution in [-0.4, -0.2) is 193 Å². The number of carbonyl (C=O) groups excluding carboxylic acids is 1. The molecule has 3 heterocycles. The molecule has 19 nitrogen and oxygen atoms in total. The zero-order chi connectivity index (χ0) is 59.0. The Kier molecular flexibility index (Phi) is 41.4. The predicted molar refractivity (Wildman–Crippen MR) is 310 cm³/mol. The van der Waals surface area contributed by atoms with Gasteiger partial charge >= 0.3 is 0 Å². The molecular weight excluding hydrogens is 1050 g/mol. The van der Waals surface area contributed by atoms with Gasteiger partial charge in [0.2, 0.25) is 5.91 Å². The summed E-state index contributed by atoms with van der Waals surface area (Å²) < 4.78 is 34.1. The van der Waals surface area contributed by atoms with Gasteiger partial charge in [-0.05, 0) is 25.7 Å². The summed E-state index contributed by atoms with van der Waals surface area (Å²) in [6.07, 6.45) is 22.4. The Labute approximate surface area is 486 Å². The molecule has 3 aliphatic rings. The lowest BCUT2D eigenvalue weighted by molar-refractivity contribution is -0.379. The van der Waals surface area contributed by atoms with Crippen LogP contribution in [0, 0.1) is 0 Å². The van der Waals surface area contributed by atoms with E-state index >= 15 is 0 Å². The molecule has 3 saturated heterocycles. The Hall–Kier alpha value is -1.73. The lowest BCUT2D eigenvalue weighted by Crippen LogP contribution is -2.66. The first-order valence-electron chi connectivity index (χ1n) is 32.1. The number of unbranched alkanes of at least 4 members (excludes halogenated alkanes) is 30. The van der Waals surface area contributed by atoms with E-state index in [1.165, 1.54) is 161 Å². The minimum absolute atomic E-state index is 0.239. The number of aliphatic hydroxyl groups excluding tert-OH is 11. The summed E-state index contributed by atoms with van der Waals surface area (Å²) in [7, 11) is 0. The lowest BCUT2D eigenvalue weighted by Gasteiger charge is -2.48. The van der Waals surface area contributed by atoms with Crippen LogP contribution in [0.1, 0.15) is 232 Å². The Morgan fingerprint density at radius 3 is 1.21 bits per heavy atom. The second-order valence-electron chi connectivity index (χ2n) is 23.2. The molecule has 17 unspecified atom stereocenters. The number of amides is 1. The van der Waals surface area contributed by atoms with Crippen molar-refractivity contribution in [2.75, 3.05) is 26.4 Å². The average Bonchev–Trinajstić information content (AvgIpc) is 3.58. The third kappa shape index (κ3) is 29.0. The molecule has 0 aliphatic carbocycles. The molecule has 0 aromatic rings. The van der Waals surface area contributed by atoms with Crippen molar-refractivity contribution in [3.8, 4) is 0 Å². The molecule has 81 heavy (non-hydrogen) atoms. The highest BCUT2D eigenvalue weighted by Crippen LogP contribution is 2.33. The summed E-state index contributed by atoms with van der Waals surface area (Å²) in [5.41, 5.74) is 0. The van der Waals surface area contributed by atoms with Crippen molar-refractivity contribution in [1.29, 1.82) is 0 Å². The predicted octanol–water partition coefficient (Wildman–Crippen LogP) is 6.71. The molecule has 0 spiro atoms. The SMILES string of the molecule is CCC/C=C/CC/C=C/C(O)C(COC1OC(CO)C(OC2OC(CO)C(OC3OC(CO)C(O)C(O)C3O)C(O)C2O)C(O)C1O)NC(=O)CCCCCCCCCCCCCCCCCCCCCCCCCCCCCCC. The number of hydrogen-bond acceptors (Lipinski definition) is 18. The van der Waals surface area contributed by atoms with E-state index in [0.717, 1.165) is 38.5 Å². The molecule has 19 heteroatoms. The number of nitrogens with one attached hydrogen (secondary N) is 1. The van der Waals surface area contributed by atoms with Crippen LogP contribution in [-0.2, 0) is 33.2 Å². The van der Waals surface area contributed by atoms with Crippen LogP contribution in [0.5, 0.6) is 0 Å². The quantitative estimate of drug-likeness (QED) is 0.0222. The fourth-order valence-electron chi connectivity index (χ4n) is 11.0. The zero-order valence-corrected chi connectivity index (χ0v) is 49.8. The standard InChI is InChI=1S/C62H115NO18/c1-3-5-7-9-11-12-13-14-15-16-17-18-19-20-21-22-23-24-25-26-27-28-29-30-31-32-34-36-38-40-50(68)63-45(46(67)39-37-35-33-10-8-6-4-2)44-76-60-56(74)53(71)58(48(42-65)78-60)81-62-57(75)54(72)59(49(43-66)79-62)80-61-55(73)52(70)51(69)47(41-64)77-61/h8,10,37,39,45-49,51-62,64-67,69-75H,3-7,9,11-36,38,40-44H2,1-2H3,(H,63,68)/b10-8+,39-37+. The highest BCUT2D eigenvalue weighted by molar-refractivity contribution is 5.76. The average molecular weight is 1160 g/mol. The van der Waals surface area contributed by atoms with Crippen molar-refractivity contribution in [2.24, 2.45) is 0 Å². The third-order valence-electron chi connectivity index (χ3n) is 16.2. The van der Waals surface area contributed by atoms with E-state index in [0.29, 0.717) is 12.8 Å². The molecule has 476 valence electrons. The third-order valence-corrected chi connectivity index (χ3v) is 16.2. The fraction of sp³-hybridized carbons (Fsp3) is 0.919.